The first kappa shape index (κ1) is 16.4. The second-order valence-electron chi connectivity index (χ2n) is 6.65. The number of carbonyl (C=O) groups excluding carboxylic acids is 1. The summed E-state index contributed by atoms with van der Waals surface area (Å²) < 4.78 is 5.62. The number of nitrogens with two attached hydrogens (primary N) is 1. The smallest absolute Gasteiger partial charge is 0.306 e. The van der Waals surface area contributed by atoms with Gasteiger partial charge in [-0.15, -0.1) is 0 Å². The molecule has 26 heavy (non-hydrogen) atoms. The fourth-order valence-corrected chi connectivity index (χ4v) is 3.62. The first-order valence-corrected chi connectivity index (χ1v) is 8.90. The van der Waals surface area contributed by atoms with Crippen molar-refractivity contribution in [3.05, 3.63) is 89.5 Å². The van der Waals surface area contributed by atoms with E-state index >= 15 is 0 Å². The minimum absolute atomic E-state index is 0.114. The molecule has 3 heteroatoms. The maximum atomic E-state index is 12.2. The summed E-state index contributed by atoms with van der Waals surface area (Å²) >= 11 is 0. The zero-order valence-electron chi connectivity index (χ0n) is 14.5. The van der Waals surface area contributed by atoms with Gasteiger partial charge < -0.3 is 10.5 Å². The molecule has 0 saturated heterocycles. The van der Waals surface area contributed by atoms with Crippen LogP contribution in [0.15, 0.2) is 72.8 Å². The van der Waals surface area contributed by atoms with Crippen LogP contribution in [0, 0.1) is 0 Å². The minimum Gasteiger partial charge on any atom is -0.465 e. The lowest BCUT2D eigenvalue weighted by Crippen LogP contribution is -2.13. The second-order valence-corrected chi connectivity index (χ2v) is 6.65. The Morgan fingerprint density at radius 2 is 1.42 bits per heavy atom. The fourth-order valence-electron chi connectivity index (χ4n) is 3.62. The van der Waals surface area contributed by atoms with Crippen molar-refractivity contribution in [2.45, 2.75) is 18.8 Å². The van der Waals surface area contributed by atoms with Crippen LogP contribution in [-0.2, 0) is 16.0 Å². The number of fused-ring (bicyclic) bond motifs is 3. The molecular weight excluding hydrogens is 322 g/mol. The average Bonchev–Trinajstić information content (AvgIpc) is 3.00. The van der Waals surface area contributed by atoms with Gasteiger partial charge in [-0.05, 0) is 46.4 Å². The molecule has 0 spiro atoms. The van der Waals surface area contributed by atoms with Crippen molar-refractivity contribution >= 4 is 11.7 Å². The van der Waals surface area contributed by atoms with Crippen molar-refractivity contribution in [1.82, 2.24) is 0 Å². The average molecular weight is 343 g/mol. The lowest BCUT2D eigenvalue weighted by atomic mass is 9.98. The lowest BCUT2D eigenvalue weighted by Gasteiger charge is -2.14. The molecule has 1 aliphatic carbocycles. The van der Waals surface area contributed by atoms with Crippen LogP contribution in [0.25, 0.3) is 11.1 Å². The Hall–Kier alpha value is -3.07. The molecule has 0 unspecified atom stereocenters. The third-order valence-corrected chi connectivity index (χ3v) is 4.97. The van der Waals surface area contributed by atoms with Gasteiger partial charge in [-0.25, -0.2) is 0 Å². The number of anilines is 1. The van der Waals surface area contributed by atoms with Crippen molar-refractivity contribution in [3.8, 4) is 11.1 Å². The molecule has 3 aromatic carbocycles. The Kier molecular flexibility index (Phi) is 4.44. The Bertz CT molecular complexity index is 885. The van der Waals surface area contributed by atoms with E-state index in [2.05, 4.69) is 36.4 Å². The van der Waals surface area contributed by atoms with Gasteiger partial charge in [-0.2, -0.15) is 0 Å². The van der Waals surface area contributed by atoms with Gasteiger partial charge >= 0.3 is 5.97 Å². The number of aryl methyl sites for hydroxylation is 1. The van der Waals surface area contributed by atoms with Crippen molar-refractivity contribution in [2.24, 2.45) is 0 Å². The quantitative estimate of drug-likeness (QED) is 0.546. The van der Waals surface area contributed by atoms with Crippen LogP contribution in [0.4, 0.5) is 5.69 Å². The molecule has 0 heterocycles. The predicted octanol–water partition coefficient (Wildman–Crippen LogP) is 4.56. The molecule has 1 aliphatic rings. The molecule has 0 saturated carbocycles. The second kappa shape index (κ2) is 7.04. The number of rotatable bonds is 5. The third-order valence-electron chi connectivity index (χ3n) is 4.97. The van der Waals surface area contributed by atoms with Gasteiger partial charge in [-0.3, -0.25) is 4.79 Å². The number of esters is 1. The van der Waals surface area contributed by atoms with E-state index in [1.54, 1.807) is 0 Å². The summed E-state index contributed by atoms with van der Waals surface area (Å²) in [5.41, 5.74) is 12.5. The number of ether oxygens (including phenoxy) is 1. The summed E-state index contributed by atoms with van der Waals surface area (Å²) in [6, 6.07) is 24.3. The van der Waals surface area contributed by atoms with Crippen molar-refractivity contribution in [1.29, 1.82) is 0 Å². The molecule has 130 valence electrons. The van der Waals surface area contributed by atoms with E-state index in [0.717, 1.165) is 11.3 Å². The molecule has 3 aromatic rings. The molecule has 0 bridgehead atoms. The number of benzene rings is 3. The van der Waals surface area contributed by atoms with Gasteiger partial charge in [0.2, 0.25) is 0 Å². The van der Waals surface area contributed by atoms with Gasteiger partial charge in [0, 0.05) is 18.0 Å². The van der Waals surface area contributed by atoms with E-state index in [4.69, 9.17) is 10.5 Å². The zero-order valence-corrected chi connectivity index (χ0v) is 14.5. The van der Waals surface area contributed by atoms with Crippen molar-refractivity contribution < 1.29 is 9.53 Å². The molecule has 0 fully saturated rings. The van der Waals surface area contributed by atoms with Crippen LogP contribution in [0.1, 0.15) is 29.0 Å². The summed E-state index contributed by atoms with van der Waals surface area (Å²) in [4.78, 5) is 12.2. The highest BCUT2D eigenvalue weighted by Crippen LogP contribution is 2.44. The number of nitrogen functional groups attached to an aromatic ring is 1. The molecule has 0 aliphatic heterocycles. The van der Waals surface area contributed by atoms with E-state index < -0.39 is 0 Å². The Morgan fingerprint density at radius 3 is 2.04 bits per heavy atom. The van der Waals surface area contributed by atoms with E-state index in [-0.39, 0.29) is 11.9 Å². The number of hydrogen-bond donors (Lipinski definition) is 1. The van der Waals surface area contributed by atoms with Crippen LogP contribution in [0.2, 0.25) is 0 Å². The Labute approximate surface area is 153 Å². The standard InChI is InChI=1S/C23H21NO2/c24-17-12-9-16(10-13-17)11-14-23(25)26-15-22-20-7-3-1-5-18(20)19-6-2-4-8-21(19)22/h1-10,12-13,22H,11,14-15,24H2. The van der Waals surface area contributed by atoms with Gasteiger partial charge in [0.25, 0.3) is 0 Å². The lowest BCUT2D eigenvalue weighted by molar-refractivity contribution is -0.143. The summed E-state index contributed by atoms with van der Waals surface area (Å²) in [5.74, 6) is -0.0495. The molecular formula is C23H21NO2. The summed E-state index contributed by atoms with van der Waals surface area (Å²) in [6.45, 7) is 0.384. The van der Waals surface area contributed by atoms with Crippen LogP contribution >= 0.6 is 0 Å². The van der Waals surface area contributed by atoms with Gasteiger partial charge in [0.05, 0.1) is 0 Å². The summed E-state index contributed by atoms with van der Waals surface area (Å²) in [7, 11) is 0. The highest BCUT2D eigenvalue weighted by Gasteiger charge is 2.28. The highest BCUT2D eigenvalue weighted by atomic mass is 16.5. The van der Waals surface area contributed by atoms with E-state index in [1.165, 1.54) is 22.3 Å². The molecule has 0 radical (unpaired) electrons. The van der Waals surface area contributed by atoms with Crippen molar-refractivity contribution in [2.75, 3.05) is 12.3 Å². The number of carbonyl (C=O) groups is 1. The summed E-state index contributed by atoms with van der Waals surface area (Å²) in [6.07, 6.45) is 1.04. The highest BCUT2D eigenvalue weighted by molar-refractivity contribution is 5.79. The zero-order chi connectivity index (χ0) is 17.9. The van der Waals surface area contributed by atoms with Gasteiger partial charge in [0.15, 0.2) is 0 Å². The Balaban J connectivity index is 1.41. The maximum Gasteiger partial charge on any atom is 0.306 e. The van der Waals surface area contributed by atoms with E-state index in [9.17, 15) is 4.79 Å². The molecule has 2 N–H and O–H groups in total. The maximum absolute atomic E-state index is 12.2. The molecule has 4 rings (SSSR count). The van der Waals surface area contributed by atoms with Crippen LogP contribution in [-0.4, -0.2) is 12.6 Å². The summed E-state index contributed by atoms with van der Waals surface area (Å²) in [5, 5.41) is 0. The van der Waals surface area contributed by atoms with Crippen LogP contribution < -0.4 is 5.73 Å². The first-order chi connectivity index (χ1) is 12.7. The van der Waals surface area contributed by atoms with Crippen LogP contribution in [0.3, 0.4) is 0 Å². The normalized spacial score (nSPS) is 12.5. The largest absolute Gasteiger partial charge is 0.465 e. The van der Waals surface area contributed by atoms with Crippen molar-refractivity contribution in [3.63, 3.8) is 0 Å². The number of hydrogen-bond acceptors (Lipinski definition) is 3. The molecule has 0 atom stereocenters. The van der Waals surface area contributed by atoms with E-state index in [0.29, 0.717) is 19.4 Å². The minimum atomic E-state index is -0.163. The van der Waals surface area contributed by atoms with Gasteiger partial charge in [-0.1, -0.05) is 60.7 Å². The first-order valence-electron chi connectivity index (χ1n) is 8.90. The SMILES string of the molecule is Nc1ccc(CCC(=O)OCC2c3ccccc3-c3ccccc32)cc1. The Morgan fingerprint density at radius 1 is 0.846 bits per heavy atom. The molecule has 3 nitrogen and oxygen atoms in total. The predicted molar refractivity (Wildman–Crippen MR) is 104 cm³/mol. The van der Waals surface area contributed by atoms with Crippen LogP contribution in [0.5, 0.6) is 0 Å². The topological polar surface area (TPSA) is 52.3 Å². The third kappa shape index (κ3) is 3.21. The fraction of sp³-hybridized carbons (Fsp3) is 0.174. The molecule has 0 aromatic heterocycles. The monoisotopic (exact) mass is 343 g/mol. The van der Waals surface area contributed by atoms with Gasteiger partial charge in [0.1, 0.15) is 6.61 Å². The molecule has 0 amide bonds. The van der Waals surface area contributed by atoms with E-state index in [1.807, 2.05) is 36.4 Å².